The minimum atomic E-state index is -0.387. The lowest BCUT2D eigenvalue weighted by atomic mass is 10.1. The lowest BCUT2D eigenvalue weighted by Gasteiger charge is -2.13. The topological polar surface area (TPSA) is 93.4 Å². The van der Waals surface area contributed by atoms with Crippen LogP contribution < -0.4 is 21.1 Å². The number of hydrogen-bond donors (Lipinski definition) is 3. The number of methoxy groups -OCH3 is 1. The summed E-state index contributed by atoms with van der Waals surface area (Å²) in [6.45, 7) is 5.60. The van der Waals surface area contributed by atoms with E-state index in [-0.39, 0.29) is 28.4 Å². The number of anilines is 2. The smallest absolute Gasteiger partial charge is 0.259 e. The zero-order valence-electron chi connectivity index (χ0n) is 15.1. The van der Waals surface area contributed by atoms with Gasteiger partial charge in [-0.3, -0.25) is 9.59 Å². The normalized spacial score (nSPS) is 10.5. The fourth-order valence-electron chi connectivity index (χ4n) is 2.45. The van der Waals surface area contributed by atoms with E-state index >= 15 is 0 Å². The summed E-state index contributed by atoms with van der Waals surface area (Å²) >= 11 is 6.01. The van der Waals surface area contributed by atoms with Gasteiger partial charge in [-0.25, -0.2) is 0 Å². The Morgan fingerprint density at radius 1 is 1.12 bits per heavy atom. The van der Waals surface area contributed by atoms with Crippen molar-refractivity contribution in [1.29, 1.82) is 0 Å². The quantitative estimate of drug-likeness (QED) is 0.695. The average Bonchev–Trinajstić information content (AvgIpc) is 2.56. The van der Waals surface area contributed by atoms with Gasteiger partial charge in [-0.2, -0.15) is 0 Å². The molecule has 0 bridgehead atoms. The minimum Gasteiger partial charge on any atom is -0.496 e. The Hall–Kier alpha value is -2.73. The third kappa shape index (κ3) is 4.46. The third-order valence-electron chi connectivity index (χ3n) is 3.71. The summed E-state index contributed by atoms with van der Waals surface area (Å²) in [5, 5.41) is 5.89. The highest BCUT2D eigenvalue weighted by Gasteiger charge is 2.16. The first-order valence-electron chi connectivity index (χ1n) is 8.08. The number of ether oxygens (including phenoxy) is 1. The van der Waals surface area contributed by atoms with Crippen LogP contribution in [-0.4, -0.2) is 25.0 Å². The van der Waals surface area contributed by atoms with Crippen LogP contribution in [0.4, 0.5) is 11.4 Å². The van der Waals surface area contributed by atoms with E-state index in [2.05, 4.69) is 10.6 Å². The number of carbonyl (C=O) groups excluding carboxylic acids is 2. The van der Waals surface area contributed by atoms with Crippen molar-refractivity contribution in [2.75, 3.05) is 18.2 Å². The molecular weight excluding hydrogens is 354 g/mol. The number of nitrogens with one attached hydrogen (secondary N) is 2. The Morgan fingerprint density at radius 2 is 1.81 bits per heavy atom. The molecule has 138 valence electrons. The summed E-state index contributed by atoms with van der Waals surface area (Å²) in [5.74, 6) is -0.209. The standard InChI is InChI=1S/C19H22ClN3O3/c1-10(2)22-18(24)13-6-5-12(7-11(13)3)23-19(25)14-8-15(20)16(21)9-17(14)26-4/h5-10H,21H2,1-4H3,(H,22,24)(H,23,25). The molecule has 2 rings (SSSR count). The highest BCUT2D eigenvalue weighted by Crippen LogP contribution is 2.29. The lowest BCUT2D eigenvalue weighted by Crippen LogP contribution is -2.30. The summed E-state index contributed by atoms with van der Waals surface area (Å²) in [5.41, 5.74) is 8.21. The Balaban J connectivity index is 2.24. The first-order valence-corrected chi connectivity index (χ1v) is 8.46. The second kappa shape index (κ2) is 8.10. The molecule has 0 fully saturated rings. The Bertz CT molecular complexity index is 850. The van der Waals surface area contributed by atoms with Crippen molar-refractivity contribution >= 4 is 34.8 Å². The third-order valence-corrected chi connectivity index (χ3v) is 4.04. The molecule has 0 radical (unpaired) electrons. The molecule has 0 aliphatic rings. The fourth-order valence-corrected chi connectivity index (χ4v) is 2.61. The van der Waals surface area contributed by atoms with E-state index in [0.717, 1.165) is 5.56 Å². The van der Waals surface area contributed by atoms with Crippen LogP contribution in [0.15, 0.2) is 30.3 Å². The van der Waals surface area contributed by atoms with Gasteiger partial charge < -0.3 is 21.1 Å². The van der Waals surface area contributed by atoms with Crippen molar-refractivity contribution in [3.8, 4) is 5.75 Å². The van der Waals surface area contributed by atoms with Crippen LogP contribution in [0, 0.1) is 6.92 Å². The molecule has 0 spiro atoms. The Labute approximate surface area is 157 Å². The fraction of sp³-hybridized carbons (Fsp3) is 0.263. The van der Waals surface area contributed by atoms with Gasteiger partial charge in [0.15, 0.2) is 0 Å². The van der Waals surface area contributed by atoms with Gasteiger partial charge in [0.05, 0.1) is 23.4 Å². The highest BCUT2D eigenvalue weighted by molar-refractivity contribution is 6.33. The van der Waals surface area contributed by atoms with Crippen LogP contribution in [0.1, 0.15) is 40.1 Å². The second-order valence-corrected chi connectivity index (χ2v) is 6.59. The Kier molecular flexibility index (Phi) is 6.10. The number of benzene rings is 2. The van der Waals surface area contributed by atoms with Gasteiger partial charge in [-0.05, 0) is 50.6 Å². The zero-order valence-corrected chi connectivity index (χ0v) is 15.9. The number of nitrogens with two attached hydrogens (primary N) is 1. The van der Waals surface area contributed by atoms with Gasteiger partial charge in [0.1, 0.15) is 5.75 Å². The van der Waals surface area contributed by atoms with Crippen molar-refractivity contribution in [2.45, 2.75) is 26.8 Å². The summed E-state index contributed by atoms with van der Waals surface area (Å²) in [7, 11) is 1.45. The number of amides is 2. The molecule has 0 heterocycles. The summed E-state index contributed by atoms with van der Waals surface area (Å²) in [4.78, 5) is 24.7. The van der Waals surface area contributed by atoms with Crippen LogP contribution in [0.5, 0.6) is 5.75 Å². The number of rotatable bonds is 5. The molecule has 0 atom stereocenters. The van der Waals surface area contributed by atoms with Gasteiger partial charge in [0, 0.05) is 23.4 Å². The summed E-state index contributed by atoms with van der Waals surface area (Å²) < 4.78 is 5.20. The predicted octanol–water partition coefficient (Wildman–Crippen LogP) is 3.63. The first-order chi connectivity index (χ1) is 12.2. The van der Waals surface area contributed by atoms with Crippen LogP contribution in [0.25, 0.3) is 0 Å². The monoisotopic (exact) mass is 375 g/mol. The van der Waals surface area contributed by atoms with E-state index in [0.29, 0.717) is 22.7 Å². The maximum absolute atomic E-state index is 12.6. The van der Waals surface area contributed by atoms with Crippen molar-refractivity contribution in [2.24, 2.45) is 0 Å². The molecule has 0 saturated heterocycles. The van der Waals surface area contributed by atoms with Crippen LogP contribution in [0.3, 0.4) is 0 Å². The number of nitrogen functional groups attached to an aromatic ring is 1. The number of hydrogen-bond acceptors (Lipinski definition) is 4. The molecule has 2 aromatic rings. The summed E-state index contributed by atoms with van der Waals surface area (Å²) in [6.07, 6.45) is 0. The molecule has 6 nitrogen and oxygen atoms in total. The van der Waals surface area contributed by atoms with Gasteiger partial charge in [-0.1, -0.05) is 11.6 Å². The van der Waals surface area contributed by atoms with E-state index in [9.17, 15) is 9.59 Å². The van der Waals surface area contributed by atoms with Crippen LogP contribution in [-0.2, 0) is 0 Å². The van der Waals surface area contributed by atoms with Crippen molar-refractivity contribution in [3.05, 3.63) is 52.0 Å². The first kappa shape index (κ1) is 19.6. The molecule has 0 saturated carbocycles. The molecule has 0 aromatic heterocycles. The molecule has 26 heavy (non-hydrogen) atoms. The van der Waals surface area contributed by atoms with E-state index in [1.807, 2.05) is 20.8 Å². The zero-order chi connectivity index (χ0) is 19.4. The highest BCUT2D eigenvalue weighted by atomic mass is 35.5. The van der Waals surface area contributed by atoms with Crippen LogP contribution in [0.2, 0.25) is 5.02 Å². The Morgan fingerprint density at radius 3 is 2.38 bits per heavy atom. The molecular formula is C19H22ClN3O3. The van der Waals surface area contributed by atoms with Gasteiger partial charge in [-0.15, -0.1) is 0 Å². The largest absolute Gasteiger partial charge is 0.496 e. The van der Waals surface area contributed by atoms with Gasteiger partial charge in [0.25, 0.3) is 11.8 Å². The predicted molar refractivity (Wildman–Crippen MR) is 104 cm³/mol. The maximum Gasteiger partial charge on any atom is 0.259 e. The summed E-state index contributed by atoms with van der Waals surface area (Å²) in [6, 6.07) is 8.09. The maximum atomic E-state index is 12.6. The average molecular weight is 376 g/mol. The molecule has 0 unspecified atom stereocenters. The molecule has 2 aromatic carbocycles. The lowest BCUT2D eigenvalue weighted by molar-refractivity contribution is 0.0942. The molecule has 0 aliphatic heterocycles. The van der Waals surface area contributed by atoms with Crippen molar-refractivity contribution < 1.29 is 14.3 Å². The number of carbonyl (C=O) groups is 2. The van der Waals surface area contributed by atoms with Crippen molar-refractivity contribution in [3.63, 3.8) is 0 Å². The van der Waals surface area contributed by atoms with E-state index in [1.54, 1.807) is 18.2 Å². The molecule has 4 N–H and O–H groups in total. The second-order valence-electron chi connectivity index (χ2n) is 6.19. The number of halogens is 1. The van der Waals surface area contributed by atoms with Crippen molar-refractivity contribution in [1.82, 2.24) is 5.32 Å². The van der Waals surface area contributed by atoms with Gasteiger partial charge in [0.2, 0.25) is 0 Å². The molecule has 7 heteroatoms. The van der Waals surface area contributed by atoms with E-state index in [4.69, 9.17) is 22.1 Å². The van der Waals surface area contributed by atoms with Crippen LogP contribution >= 0.6 is 11.6 Å². The molecule has 0 aliphatic carbocycles. The molecule has 2 amide bonds. The minimum absolute atomic E-state index is 0.0454. The SMILES string of the molecule is COc1cc(N)c(Cl)cc1C(=O)Nc1ccc(C(=O)NC(C)C)c(C)c1. The number of aryl methyl sites for hydroxylation is 1. The van der Waals surface area contributed by atoms with E-state index in [1.165, 1.54) is 19.2 Å². The van der Waals surface area contributed by atoms with E-state index < -0.39 is 0 Å². The van der Waals surface area contributed by atoms with Gasteiger partial charge >= 0.3 is 0 Å².